The van der Waals surface area contributed by atoms with E-state index in [4.69, 9.17) is 5.26 Å². The Balaban J connectivity index is 2.20. The lowest BCUT2D eigenvalue weighted by Crippen LogP contribution is -2.49. The van der Waals surface area contributed by atoms with E-state index in [0.29, 0.717) is 6.04 Å². The molecule has 0 amide bonds. The standard InChI is InChI=1S/C13H26N4/c1-4-15-13(11-14)5-6-16-7-9-17(10-8-16)12(2)3/h12-13,15H,4-10H2,1-3H3. The van der Waals surface area contributed by atoms with Gasteiger partial charge in [0.05, 0.1) is 12.1 Å². The van der Waals surface area contributed by atoms with Crippen molar-refractivity contribution in [3.63, 3.8) is 0 Å². The van der Waals surface area contributed by atoms with Gasteiger partial charge in [-0.25, -0.2) is 0 Å². The van der Waals surface area contributed by atoms with E-state index in [-0.39, 0.29) is 6.04 Å². The first-order valence-corrected chi connectivity index (χ1v) is 6.76. The Labute approximate surface area is 106 Å². The molecule has 1 aliphatic rings. The van der Waals surface area contributed by atoms with Gasteiger partial charge in [0.25, 0.3) is 0 Å². The molecule has 1 saturated heterocycles. The first kappa shape index (κ1) is 14.4. The van der Waals surface area contributed by atoms with E-state index in [1.165, 1.54) is 0 Å². The van der Waals surface area contributed by atoms with E-state index in [1.54, 1.807) is 0 Å². The molecule has 1 rings (SSSR count). The van der Waals surface area contributed by atoms with Crippen LogP contribution in [-0.4, -0.2) is 61.2 Å². The van der Waals surface area contributed by atoms with Crippen LogP contribution >= 0.6 is 0 Å². The molecular formula is C13H26N4. The third-order valence-electron chi connectivity index (χ3n) is 3.48. The molecule has 1 heterocycles. The molecule has 0 aromatic heterocycles. The fourth-order valence-corrected chi connectivity index (χ4v) is 2.27. The number of hydrogen-bond donors (Lipinski definition) is 1. The van der Waals surface area contributed by atoms with Crippen molar-refractivity contribution in [1.82, 2.24) is 15.1 Å². The summed E-state index contributed by atoms with van der Waals surface area (Å²) < 4.78 is 0. The number of nitriles is 1. The molecule has 0 aromatic rings. The summed E-state index contributed by atoms with van der Waals surface area (Å²) in [6.45, 7) is 13.1. The Morgan fingerprint density at radius 1 is 1.24 bits per heavy atom. The second-order valence-electron chi connectivity index (χ2n) is 5.00. The SMILES string of the molecule is CCNC(C#N)CCN1CCN(C(C)C)CC1. The van der Waals surface area contributed by atoms with Crippen molar-refractivity contribution in [2.45, 2.75) is 39.3 Å². The quantitative estimate of drug-likeness (QED) is 0.747. The third kappa shape index (κ3) is 5.03. The predicted octanol–water partition coefficient (Wildman–Crippen LogP) is 0.904. The van der Waals surface area contributed by atoms with Gasteiger partial charge in [-0.3, -0.25) is 4.90 Å². The molecule has 0 aromatic carbocycles. The van der Waals surface area contributed by atoms with Crippen LogP contribution in [0.2, 0.25) is 0 Å². The van der Waals surface area contributed by atoms with Crippen LogP contribution in [0.4, 0.5) is 0 Å². The van der Waals surface area contributed by atoms with Crippen molar-refractivity contribution in [3.8, 4) is 6.07 Å². The molecule has 0 saturated carbocycles. The molecule has 0 aliphatic carbocycles. The van der Waals surface area contributed by atoms with Crippen molar-refractivity contribution in [1.29, 1.82) is 5.26 Å². The average molecular weight is 238 g/mol. The molecular weight excluding hydrogens is 212 g/mol. The van der Waals surface area contributed by atoms with Crippen molar-refractivity contribution < 1.29 is 0 Å². The van der Waals surface area contributed by atoms with Gasteiger partial charge in [0.15, 0.2) is 0 Å². The minimum Gasteiger partial charge on any atom is -0.302 e. The van der Waals surface area contributed by atoms with E-state index in [1.807, 2.05) is 6.92 Å². The monoisotopic (exact) mass is 238 g/mol. The highest BCUT2D eigenvalue weighted by Crippen LogP contribution is 2.06. The number of rotatable bonds is 6. The van der Waals surface area contributed by atoms with Crippen LogP contribution in [0.1, 0.15) is 27.2 Å². The molecule has 1 aliphatic heterocycles. The predicted molar refractivity (Wildman–Crippen MR) is 70.8 cm³/mol. The van der Waals surface area contributed by atoms with Gasteiger partial charge in [-0.2, -0.15) is 5.26 Å². The Morgan fingerprint density at radius 2 is 1.88 bits per heavy atom. The Kier molecular flexibility index (Phi) is 6.49. The van der Waals surface area contributed by atoms with Gasteiger partial charge in [0, 0.05) is 38.8 Å². The summed E-state index contributed by atoms with van der Waals surface area (Å²) in [6, 6.07) is 3.00. The summed E-state index contributed by atoms with van der Waals surface area (Å²) in [7, 11) is 0. The zero-order chi connectivity index (χ0) is 12.7. The third-order valence-corrected chi connectivity index (χ3v) is 3.48. The van der Waals surface area contributed by atoms with E-state index in [2.05, 4.69) is 35.0 Å². The van der Waals surface area contributed by atoms with Crippen LogP contribution in [0, 0.1) is 11.3 Å². The van der Waals surface area contributed by atoms with Crippen LogP contribution < -0.4 is 5.32 Å². The van der Waals surface area contributed by atoms with Crippen LogP contribution in [0.3, 0.4) is 0 Å². The number of nitrogens with one attached hydrogen (secondary N) is 1. The van der Waals surface area contributed by atoms with Crippen LogP contribution in [0.25, 0.3) is 0 Å². The van der Waals surface area contributed by atoms with Crippen molar-refractivity contribution >= 4 is 0 Å². The van der Waals surface area contributed by atoms with Gasteiger partial charge in [0.2, 0.25) is 0 Å². The molecule has 98 valence electrons. The second kappa shape index (κ2) is 7.65. The molecule has 17 heavy (non-hydrogen) atoms. The Bertz CT molecular complexity index is 238. The first-order chi connectivity index (χ1) is 8.17. The van der Waals surface area contributed by atoms with Crippen LogP contribution in [0.15, 0.2) is 0 Å². The Hall–Kier alpha value is -0.630. The van der Waals surface area contributed by atoms with E-state index >= 15 is 0 Å². The van der Waals surface area contributed by atoms with Crippen molar-refractivity contribution in [2.24, 2.45) is 0 Å². The highest BCUT2D eigenvalue weighted by molar-refractivity contribution is 4.90. The molecule has 0 radical (unpaired) electrons. The molecule has 1 N–H and O–H groups in total. The van der Waals surface area contributed by atoms with Gasteiger partial charge in [-0.15, -0.1) is 0 Å². The summed E-state index contributed by atoms with van der Waals surface area (Å²) in [5.41, 5.74) is 0. The lowest BCUT2D eigenvalue weighted by Gasteiger charge is -2.37. The summed E-state index contributed by atoms with van der Waals surface area (Å²) in [4.78, 5) is 4.99. The zero-order valence-electron chi connectivity index (χ0n) is 11.4. The highest BCUT2D eigenvalue weighted by atomic mass is 15.3. The Morgan fingerprint density at radius 3 is 2.35 bits per heavy atom. The first-order valence-electron chi connectivity index (χ1n) is 6.76. The summed E-state index contributed by atoms with van der Waals surface area (Å²) >= 11 is 0. The highest BCUT2D eigenvalue weighted by Gasteiger charge is 2.19. The maximum Gasteiger partial charge on any atom is 0.0965 e. The second-order valence-corrected chi connectivity index (χ2v) is 5.00. The summed E-state index contributed by atoms with van der Waals surface area (Å²) in [6.07, 6.45) is 0.937. The summed E-state index contributed by atoms with van der Waals surface area (Å²) in [5.74, 6) is 0. The molecule has 4 nitrogen and oxygen atoms in total. The molecule has 1 fully saturated rings. The normalized spacial score (nSPS) is 20.4. The lowest BCUT2D eigenvalue weighted by atomic mass is 10.2. The number of nitrogens with zero attached hydrogens (tertiary/aromatic N) is 3. The van der Waals surface area contributed by atoms with E-state index < -0.39 is 0 Å². The van der Waals surface area contributed by atoms with Gasteiger partial charge >= 0.3 is 0 Å². The number of hydrogen-bond acceptors (Lipinski definition) is 4. The van der Waals surface area contributed by atoms with E-state index in [0.717, 1.165) is 45.7 Å². The smallest absolute Gasteiger partial charge is 0.0965 e. The van der Waals surface area contributed by atoms with Gasteiger partial charge in [-0.05, 0) is 26.8 Å². The largest absolute Gasteiger partial charge is 0.302 e. The maximum atomic E-state index is 8.96. The minimum absolute atomic E-state index is 0.0168. The minimum atomic E-state index is 0.0168. The van der Waals surface area contributed by atoms with Crippen molar-refractivity contribution in [3.05, 3.63) is 0 Å². The topological polar surface area (TPSA) is 42.3 Å². The van der Waals surface area contributed by atoms with Gasteiger partial charge < -0.3 is 10.2 Å². The molecule has 4 heteroatoms. The zero-order valence-corrected chi connectivity index (χ0v) is 11.4. The number of piperazine rings is 1. The van der Waals surface area contributed by atoms with Crippen molar-refractivity contribution in [2.75, 3.05) is 39.3 Å². The summed E-state index contributed by atoms with van der Waals surface area (Å²) in [5, 5.41) is 12.2. The fourth-order valence-electron chi connectivity index (χ4n) is 2.27. The van der Waals surface area contributed by atoms with Crippen LogP contribution in [-0.2, 0) is 0 Å². The molecule has 1 unspecified atom stereocenters. The van der Waals surface area contributed by atoms with Crippen LogP contribution in [0.5, 0.6) is 0 Å². The molecule has 1 atom stereocenters. The fraction of sp³-hybridized carbons (Fsp3) is 0.923. The molecule has 0 bridgehead atoms. The van der Waals surface area contributed by atoms with E-state index in [9.17, 15) is 0 Å². The van der Waals surface area contributed by atoms with Gasteiger partial charge in [0.1, 0.15) is 0 Å². The maximum absolute atomic E-state index is 8.96. The lowest BCUT2D eigenvalue weighted by molar-refractivity contribution is 0.107. The van der Waals surface area contributed by atoms with Gasteiger partial charge in [-0.1, -0.05) is 6.92 Å². The average Bonchev–Trinajstić information content (AvgIpc) is 2.35. The molecule has 0 spiro atoms.